The Morgan fingerprint density at radius 1 is 1.24 bits per heavy atom. The molecule has 2 aromatic rings. The van der Waals surface area contributed by atoms with Crippen LogP contribution in [0.2, 0.25) is 5.02 Å². The van der Waals surface area contributed by atoms with Gasteiger partial charge < -0.3 is 10.2 Å². The molecule has 0 spiro atoms. The highest BCUT2D eigenvalue weighted by molar-refractivity contribution is 6.31. The standard InChI is InChI=1S/C14H18ClNO/c1-8-5-10(15)6-9-7-11(17-12(8)9)13(16)14(2,3)4/h5-7,13H,16H2,1-4H3. The molecule has 0 aliphatic carbocycles. The summed E-state index contributed by atoms with van der Waals surface area (Å²) in [6.45, 7) is 8.30. The quantitative estimate of drug-likeness (QED) is 0.814. The molecule has 1 heterocycles. The SMILES string of the molecule is Cc1cc(Cl)cc2cc(C(N)C(C)(C)C)oc12. The Labute approximate surface area is 107 Å². The molecule has 92 valence electrons. The minimum Gasteiger partial charge on any atom is -0.459 e. The molecule has 0 bridgehead atoms. The van der Waals surface area contributed by atoms with Crippen molar-refractivity contribution >= 4 is 22.6 Å². The topological polar surface area (TPSA) is 39.2 Å². The largest absolute Gasteiger partial charge is 0.459 e. The number of aryl methyl sites for hydroxylation is 1. The highest BCUT2D eigenvalue weighted by Crippen LogP contribution is 2.35. The summed E-state index contributed by atoms with van der Waals surface area (Å²) in [6, 6.07) is 5.68. The first-order valence-corrected chi connectivity index (χ1v) is 6.12. The molecular weight excluding hydrogens is 234 g/mol. The summed E-state index contributed by atoms with van der Waals surface area (Å²) in [4.78, 5) is 0. The average Bonchev–Trinajstić information content (AvgIpc) is 2.58. The molecule has 0 aliphatic rings. The summed E-state index contributed by atoms with van der Waals surface area (Å²) in [5.74, 6) is 0.817. The maximum absolute atomic E-state index is 6.20. The monoisotopic (exact) mass is 251 g/mol. The molecule has 0 amide bonds. The summed E-state index contributed by atoms with van der Waals surface area (Å²) in [7, 11) is 0. The smallest absolute Gasteiger partial charge is 0.137 e. The summed E-state index contributed by atoms with van der Waals surface area (Å²) < 4.78 is 5.86. The predicted octanol–water partition coefficient (Wildman–Crippen LogP) is 4.44. The normalized spacial score (nSPS) is 14.2. The molecule has 2 nitrogen and oxygen atoms in total. The van der Waals surface area contributed by atoms with Crippen LogP contribution in [0.4, 0.5) is 0 Å². The lowest BCUT2D eigenvalue weighted by Crippen LogP contribution is -2.25. The van der Waals surface area contributed by atoms with E-state index < -0.39 is 0 Å². The second-order valence-corrected chi connectivity index (χ2v) is 6.07. The van der Waals surface area contributed by atoms with Crippen molar-refractivity contribution in [3.63, 3.8) is 0 Å². The van der Waals surface area contributed by atoms with Crippen molar-refractivity contribution in [1.82, 2.24) is 0 Å². The third-order valence-electron chi connectivity index (χ3n) is 3.03. The van der Waals surface area contributed by atoms with Gasteiger partial charge in [0.1, 0.15) is 11.3 Å². The van der Waals surface area contributed by atoms with Crippen molar-refractivity contribution in [1.29, 1.82) is 0 Å². The van der Waals surface area contributed by atoms with Gasteiger partial charge in [0.15, 0.2) is 0 Å². The Balaban J connectivity index is 2.56. The Bertz CT molecular complexity index is 551. The number of rotatable bonds is 1. The third kappa shape index (κ3) is 2.33. The van der Waals surface area contributed by atoms with Crippen LogP contribution >= 0.6 is 11.6 Å². The van der Waals surface area contributed by atoms with E-state index in [0.717, 1.165) is 27.3 Å². The Morgan fingerprint density at radius 3 is 2.47 bits per heavy atom. The molecule has 1 unspecified atom stereocenters. The van der Waals surface area contributed by atoms with Crippen LogP contribution in [0.3, 0.4) is 0 Å². The number of hydrogen-bond acceptors (Lipinski definition) is 2. The molecule has 0 fully saturated rings. The van der Waals surface area contributed by atoms with Crippen LogP contribution < -0.4 is 5.73 Å². The molecule has 2 rings (SSSR count). The molecule has 1 aromatic carbocycles. The maximum Gasteiger partial charge on any atom is 0.137 e. The average molecular weight is 252 g/mol. The molecule has 1 atom stereocenters. The van der Waals surface area contributed by atoms with E-state index >= 15 is 0 Å². The van der Waals surface area contributed by atoms with E-state index in [1.807, 2.05) is 25.1 Å². The lowest BCUT2D eigenvalue weighted by molar-refractivity contribution is 0.290. The molecule has 0 saturated carbocycles. The van der Waals surface area contributed by atoms with Crippen molar-refractivity contribution in [2.45, 2.75) is 33.7 Å². The van der Waals surface area contributed by atoms with Crippen LogP contribution in [0.15, 0.2) is 22.6 Å². The molecule has 17 heavy (non-hydrogen) atoms. The first kappa shape index (κ1) is 12.5. The van der Waals surface area contributed by atoms with Crippen molar-refractivity contribution in [2.75, 3.05) is 0 Å². The predicted molar refractivity (Wildman–Crippen MR) is 72.3 cm³/mol. The molecule has 0 saturated heterocycles. The van der Waals surface area contributed by atoms with Crippen LogP contribution in [0, 0.1) is 12.3 Å². The highest BCUT2D eigenvalue weighted by Gasteiger charge is 2.25. The van der Waals surface area contributed by atoms with Gasteiger partial charge in [-0.2, -0.15) is 0 Å². The minimum atomic E-state index is -0.118. The van der Waals surface area contributed by atoms with E-state index in [2.05, 4.69) is 20.8 Å². The van der Waals surface area contributed by atoms with E-state index in [1.165, 1.54) is 0 Å². The Hall–Kier alpha value is -0.990. The summed E-state index contributed by atoms with van der Waals surface area (Å²) in [5, 5.41) is 1.75. The van der Waals surface area contributed by atoms with E-state index in [1.54, 1.807) is 0 Å². The summed E-state index contributed by atoms with van der Waals surface area (Å²) in [5.41, 5.74) is 8.10. The number of benzene rings is 1. The fourth-order valence-electron chi connectivity index (χ4n) is 1.88. The van der Waals surface area contributed by atoms with Crippen LogP contribution in [-0.2, 0) is 0 Å². The van der Waals surface area contributed by atoms with Gasteiger partial charge in [-0.05, 0) is 36.1 Å². The first-order valence-electron chi connectivity index (χ1n) is 5.74. The zero-order valence-corrected chi connectivity index (χ0v) is 11.4. The summed E-state index contributed by atoms with van der Waals surface area (Å²) in [6.07, 6.45) is 0. The molecule has 0 radical (unpaired) electrons. The molecule has 1 aromatic heterocycles. The van der Waals surface area contributed by atoms with Crippen LogP contribution in [-0.4, -0.2) is 0 Å². The van der Waals surface area contributed by atoms with Gasteiger partial charge in [-0.1, -0.05) is 32.4 Å². The number of furan rings is 1. The number of hydrogen-bond donors (Lipinski definition) is 1. The number of nitrogens with two attached hydrogens (primary N) is 1. The van der Waals surface area contributed by atoms with Crippen LogP contribution in [0.1, 0.15) is 38.1 Å². The molecule has 2 N–H and O–H groups in total. The lowest BCUT2D eigenvalue weighted by Gasteiger charge is -2.24. The number of fused-ring (bicyclic) bond motifs is 1. The zero-order valence-electron chi connectivity index (χ0n) is 10.7. The van der Waals surface area contributed by atoms with E-state index in [-0.39, 0.29) is 11.5 Å². The second kappa shape index (κ2) is 4.04. The number of halogens is 1. The Kier molecular flexibility index (Phi) is 2.96. The first-order chi connectivity index (χ1) is 7.79. The maximum atomic E-state index is 6.20. The van der Waals surface area contributed by atoms with Gasteiger partial charge in [0.2, 0.25) is 0 Å². The van der Waals surface area contributed by atoms with Crippen molar-refractivity contribution < 1.29 is 4.42 Å². The fraction of sp³-hybridized carbons (Fsp3) is 0.429. The van der Waals surface area contributed by atoms with Gasteiger partial charge in [-0.25, -0.2) is 0 Å². The molecule has 0 aliphatic heterocycles. The molecular formula is C14H18ClNO. The van der Waals surface area contributed by atoms with Gasteiger partial charge in [0, 0.05) is 10.4 Å². The van der Waals surface area contributed by atoms with E-state index in [4.69, 9.17) is 21.8 Å². The third-order valence-corrected chi connectivity index (χ3v) is 3.24. The molecule has 3 heteroatoms. The van der Waals surface area contributed by atoms with Crippen molar-refractivity contribution in [2.24, 2.45) is 11.1 Å². The Morgan fingerprint density at radius 2 is 1.88 bits per heavy atom. The van der Waals surface area contributed by atoms with Gasteiger partial charge in [-0.15, -0.1) is 0 Å². The summed E-state index contributed by atoms with van der Waals surface area (Å²) >= 11 is 6.03. The van der Waals surface area contributed by atoms with Crippen LogP contribution in [0.5, 0.6) is 0 Å². The van der Waals surface area contributed by atoms with Crippen molar-refractivity contribution in [3.8, 4) is 0 Å². The highest BCUT2D eigenvalue weighted by atomic mass is 35.5. The van der Waals surface area contributed by atoms with Gasteiger partial charge in [0.05, 0.1) is 6.04 Å². The van der Waals surface area contributed by atoms with Gasteiger partial charge >= 0.3 is 0 Å². The van der Waals surface area contributed by atoms with Crippen LogP contribution in [0.25, 0.3) is 11.0 Å². The van der Waals surface area contributed by atoms with E-state index in [9.17, 15) is 0 Å². The lowest BCUT2D eigenvalue weighted by atomic mass is 9.86. The van der Waals surface area contributed by atoms with Gasteiger partial charge in [0.25, 0.3) is 0 Å². The van der Waals surface area contributed by atoms with Crippen molar-refractivity contribution in [3.05, 3.63) is 34.5 Å². The fourth-order valence-corrected chi connectivity index (χ4v) is 2.16. The minimum absolute atomic E-state index is 0.0222. The zero-order chi connectivity index (χ0) is 12.8. The van der Waals surface area contributed by atoms with E-state index in [0.29, 0.717) is 0 Å². The van der Waals surface area contributed by atoms with Gasteiger partial charge in [-0.3, -0.25) is 0 Å². The second-order valence-electron chi connectivity index (χ2n) is 5.63.